The number of benzene rings is 5. The van der Waals surface area contributed by atoms with Gasteiger partial charge in [0, 0.05) is 17.1 Å². The van der Waals surface area contributed by atoms with Crippen LogP contribution in [0.3, 0.4) is 0 Å². The van der Waals surface area contributed by atoms with Gasteiger partial charge in [-0.1, -0.05) is 76.2 Å². The van der Waals surface area contributed by atoms with Crippen LogP contribution in [-0.2, 0) is 21.1 Å². The first-order chi connectivity index (χ1) is 20.9. The monoisotopic (exact) mass is 757 g/mol. The Hall–Kier alpha value is -4.34. The zero-order valence-corrected chi connectivity index (χ0v) is 27.4. The van der Waals surface area contributed by atoms with E-state index in [1.54, 1.807) is 6.07 Å². The number of phenolic OH excluding ortho intramolecular Hbond substituents is 1. The molecule has 0 amide bonds. The third kappa shape index (κ3) is 4.90. The molecule has 5 nitrogen and oxygen atoms in total. The average molecular weight is 758 g/mol. The third-order valence-corrected chi connectivity index (χ3v) is 8.22. The second-order valence-electron chi connectivity index (χ2n) is 11.6. The minimum absolute atomic E-state index is 0. The Morgan fingerprint density at radius 3 is 1.95 bits per heavy atom. The molecule has 0 radical (unpaired) electrons. The van der Waals surface area contributed by atoms with Crippen molar-refractivity contribution in [3.8, 4) is 22.8 Å². The van der Waals surface area contributed by atoms with E-state index in [2.05, 4.69) is 122 Å². The summed E-state index contributed by atoms with van der Waals surface area (Å²) in [6.45, 7) is 11.1. The summed E-state index contributed by atoms with van der Waals surface area (Å²) in [6, 6.07) is 40.2. The number of imidazole rings is 1. The van der Waals surface area contributed by atoms with Crippen molar-refractivity contribution in [3.05, 3.63) is 133 Å². The third-order valence-electron chi connectivity index (χ3n) is 8.22. The fourth-order valence-electron chi connectivity index (χ4n) is 6.15. The van der Waals surface area contributed by atoms with Crippen molar-refractivity contribution in [3.63, 3.8) is 0 Å². The molecular weight excluding hydrogens is 724 g/mol. The summed E-state index contributed by atoms with van der Waals surface area (Å²) in [5.74, 6) is 1.51. The molecule has 6 heteroatoms. The van der Waals surface area contributed by atoms with Crippen molar-refractivity contribution < 1.29 is 26.2 Å². The fourth-order valence-corrected chi connectivity index (χ4v) is 6.15. The van der Waals surface area contributed by atoms with Gasteiger partial charge >= 0.3 is 21.1 Å². The van der Waals surface area contributed by atoms with Crippen molar-refractivity contribution in [1.29, 1.82) is 0 Å². The standard InChI is InChI=1S/C38H34N4O.Pt/c1-25(2)28-17-12-18-29(26(3)4)37(28)42-34-22-13-21-33(36(34)39-38(42)30-16-8-11-23-35(30)43)41-24-40(27-14-6-5-7-15-27)31-19-9-10-20-32(31)41;/h5-14,16-26,43H,1-4H3;/q-2;+2. The quantitative estimate of drug-likeness (QED) is 0.172. The summed E-state index contributed by atoms with van der Waals surface area (Å²) < 4.78 is 2.27. The van der Waals surface area contributed by atoms with Crippen LogP contribution < -0.4 is 9.80 Å². The summed E-state index contributed by atoms with van der Waals surface area (Å²) in [5.41, 5.74) is 10.3. The van der Waals surface area contributed by atoms with Gasteiger partial charge in [0.25, 0.3) is 0 Å². The van der Waals surface area contributed by atoms with Gasteiger partial charge in [-0.3, -0.25) is 4.57 Å². The van der Waals surface area contributed by atoms with E-state index in [1.165, 1.54) is 11.1 Å². The van der Waals surface area contributed by atoms with Crippen LogP contribution in [0.15, 0.2) is 109 Å². The molecule has 0 saturated heterocycles. The minimum Gasteiger partial charge on any atom is -0.507 e. The Morgan fingerprint density at radius 1 is 0.682 bits per heavy atom. The molecule has 0 fully saturated rings. The van der Waals surface area contributed by atoms with E-state index in [9.17, 15) is 5.11 Å². The number of hydrogen-bond donors (Lipinski definition) is 1. The predicted octanol–water partition coefficient (Wildman–Crippen LogP) is 9.85. The fraction of sp³-hybridized carbons (Fsp3) is 0.158. The minimum atomic E-state index is 0. The molecule has 0 bridgehead atoms. The van der Waals surface area contributed by atoms with Gasteiger partial charge in [0.1, 0.15) is 17.1 Å². The summed E-state index contributed by atoms with van der Waals surface area (Å²) in [6.07, 6.45) is 0. The summed E-state index contributed by atoms with van der Waals surface area (Å²) in [5, 5.41) is 11.1. The van der Waals surface area contributed by atoms with Crippen molar-refractivity contribution >= 4 is 33.8 Å². The molecule has 5 aromatic carbocycles. The summed E-state index contributed by atoms with van der Waals surface area (Å²) in [4.78, 5) is 9.73. The zero-order valence-electron chi connectivity index (χ0n) is 25.2. The molecule has 7 rings (SSSR count). The number of rotatable bonds is 6. The first-order valence-electron chi connectivity index (χ1n) is 14.9. The maximum Gasteiger partial charge on any atom is 2.00 e. The van der Waals surface area contributed by atoms with E-state index in [0.29, 0.717) is 17.4 Å². The maximum absolute atomic E-state index is 11.1. The van der Waals surface area contributed by atoms with Gasteiger partial charge in [0.2, 0.25) is 0 Å². The van der Waals surface area contributed by atoms with Gasteiger partial charge in [-0.05, 0) is 59.4 Å². The van der Waals surface area contributed by atoms with Gasteiger partial charge < -0.3 is 14.9 Å². The molecule has 0 atom stereocenters. The molecule has 2 heterocycles. The molecule has 222 valence electrons. The number of phenols is 1. The Balaban J connectivity index is 0.00000343. The Kier molecular flexibility index (Phi) is 8.09. The van der Waals surface area contributed by atoms with E-state index in [4.69, 9.17) is 4.98 Å². The van der Waals surface area contributed by atoms with Crippen LogP contribution in [0.2, 0.25) is 0 Å². The van der Waals surface area contributed by atoms with E-state index >= 15 is 0 Å². The molecule has 1 aliphatic heterocycles. The molecule has 0 spiro atoms. The normalized spacial score (nSPS) is 12.7. The molecule has 1 aliphatic rings. The number of fused-ring (bicyclic) bond motifs is 2. The Labute approximate surface area is 273 Å². The van der Waals surface area contributed by atoms with Crippen molar-refractivity contribution in [2.24, 2.45) is 0 Å². The van der Waals surface area contributed by atoms with Crippen molar-refractivity contribution in [1.82, 2.24) is 9.55 Å². The van der Waals surface area contributed by atoms with Crippen LogP contribution in [0.4, 0.5) is 22.7 Å². The van der Waals surface area contributed by atoms with Crippen molar-refractivity contribution in [2.75, 3.05) is 9.80 Å². The first kappa shape index (κ1) is 29.7. The van der Waals surface area contributed by atoms with Crippen LogP contribution in [0.25, 0.3) is 28.1 Å². The number of nitrogens with zero attached hydrogens (tertiary/aromatic N) is 4. The van der Waals surface area contributed by atoms with Gasteiger partial charge in [-0.25, -0.2) is 4.98 Å². The maximum atomic E-state index is 11.1. The number of aromatic nitrogens is 2. The van der Waals surface area contributed by atoms with E-state index in [0.717, 1.165) is 45.3 Å². The molecule has 0 unspecified atom stereocenters. The van der Waals surface area contributed by atoms with E-state index in [-0.39, 0.29) is 26.8 Å². The molecule has 1 aromatic heterocycles. The van der Waals surface area contributed by atoms with Gasteiger partial charge in [-0.15, -0.1) is 12.4 Å². The largest absolute Gasteiger partial charge is 2.00 e. The Morgan fingerprint density at radius 2 is 1.30 bits per heavy atom. The molecule has 0 aliphatic carbocycles. The molecule has 1 N–H and O–H groups in total. The molecule has 6 aromatic rings. The van der Waals surface area contributed by atoms with Gasteiger partial charge in [0.15, 0.2) is 0 Å². The number of aromatic hydroxyl groups is 1. The number of para-hydroxylation sites is 6. The van der Waals surface area contributed by atoms with Gasteiger partial charge in [-0.2, -0.15) is 30.3 Å². The summed E-state index contributed by atoms with van der Waals surface area (Å²) >= 11 is 0. The van der Waals surface area contributed by atoms with Crippen LogP contribution in [0, 0.1) is 12.7 Å². The zero-order chi connectivity index (χ0) is 29.7. The number of hydrogen-bond acceptors (Lipinski definition) is 4. The van der Waals surface area contributed by atoms with Crippen LogP contribution >= 0.6 is 0 Å². The number of anilines is 4. The smallest absolute Gasteiger partial charge is 0.507 e. The summed E-state index contributed by atoms with van der Waals surface area (Å²) in [7, 11) is 0. The molecule has 0 saturated carbocycles. The predicted molar refractivity (Wildman–Crippen MR) is 177 cm³/mol. The van der Waals surface area contributed by atoms with Crippen molar-refractivity contribution in [2.45, 2.75) is 39.5 Å². The van der Waals surface area contributed by atoms with Crippen LogP contribution in [0.5, 0.6) is 5.75 Å². The van der Waals surface area contributed by atoms with E-state index in [1.807, 2.05) is 36.4 Å². The van der Waals surface area contributed by atoms with Crippen LogP contribution in [0.1, 0.15) is 50.7 Å². The Bertz CT molecular complexity index is 1920. The first-order valence-corrected chi connectivity index (χ1v) is 14.9. The van der Waals surface area contributed by atoms with Gasteiger partial charge in [0.05, 0.1) is 16.8 Å². The van der Waals surface area contributed by atoms with E-state index < -0.39 is 0 Å². The second-order valence-corrected chi connectivity index (χ2v) is 11.6. The molecular formula is C38H34N4OPt. The second kappa shape index (κ2) is 12.0. The molecule has 44 heavy (non-hydrogen) atoms. The van der Waals surface area contributed by atoms with Crippen LogP contribution in [-0.4, -0.2) is 14.7 Å². The average Bonchev–Trinajstić information content (AvgIpc) is 3.60. The SMILES string of the molecule is CC(C)c1cccc(C(C)C)c1-n1c(-c2ccccc2O)nc2c(N3[CH-]N(c4[c-]cccc4)c4ccccc43)cccc21.[Pt+2]. The topological polar surface area (TPSA) is 44.5 Å².